The molecule has 0 atom stereocenters. The summed E-state index contributed by atoms with van der Waals surface area (Å²) in [6.45, 7) is 7.08. The van der Waals surface area contributed by atoms with Crippen LogP contribution in [0.25, 0.3) is 0 Å². The molecule has 10 nitrogen and oxygen atoms in total. The van der Waals surface area contributed by atoms with Crippen molar-refractivity contribution in [3.05, 3.63) is 85.9 Å². The Morgan fingerprint density at radius 2 is 1.58 bits per heavy atom. The van der Waals surface area contributed by atoms with Crippen molar-refractivity contribution in [1.82, 2.24) is 5.43 Å². The zero-order chi connectivity index (χ0) is 27.5. The lowest BCUT2D eigenvalue weighted by Crippen LogP contribution is -2.17. The van der Waals surface area contributed by atoms with Gasteiger partial charge in [0, 0.05) is 17.7 Å². The zero-order valence-electron chi connectivity index (χ0n) is 21.2. The molecule has 3 rings (SSSR count). The minimum Gasteiger partial charge on any atom is -0.490 e. The molecule has 1 N–H and O–H groups in total. The third kappa shape index (κ3) is 7.69. The van der Waals surface area contributed by atoms with Gasteiger partial charge in [-0.3, -0.25) is 14.9 Å². The first-order valence-electron chi connectivity index (χ1n) is 11.9. The van der Waals surface area contributed by atoms with Crippen molar-refractivity contribution in [3.63, 3.8) is 0 Å². The molecular formula is C27H28BrN3O7. The van der Waals surface area contributed by atoms with Gasteiger partial charge in [-0.15, -0.1) is 0 Å². The second kappa shape index (κ2) is 14.0. The molecular weight excluding hydrogens is 558 g/mol. The Balaban J connectivity index is 1.70. The maximum atomic E-state index is 12.6. The Kier molecular flexibility index (Phi) is 10.5. The Hall–Kier alpha value is -4.12. The molecule has 3 aromatic carbocycles. The van der Waals surface area contributed by atoms with E-state index in [0.29, 0.717) is 58.4 Å². The number of amides is 1. The molecule has 200 valence electrons. The van der Waals surface area contributed by atoms with E-state index in [4.69, 9.17) is 18.9 Å². The number of nitro benzene ring substituents is 1. The summed E-state index contributed by atoms with van der Waals surface area (Å²) in [6.07, 6.45) is 1.49. The Morgan fingerprint density at radius 1 is 0.921 bits per heavy atom. The second-order valence-electron chi connectivity index (χ2n) is 7.70. The lowest BCUT2D eigenvalue weighted by atomic mass is 10.2. The number of nitro groups is 1. The molecule has 0 aliphatic carbocycles. The SMILES string of the molecule is CCOc1ccc(C(=O)N/N=C/c2cc(Br)c(OCc3ccc([N+](=O)[O-])cc3)c(OCC)c2)cc1OCC. The number of nitrogens with one attached hydrogen (secondary N) is 1. The fourth-order valence-corrected chi connectivity index (χ4v) is 3.93. The lowest BCUT2D eigenvalue weighted by Gasteiger charge is -2.14. The summed E-state index contributed by atoms with van der Waals surface area (Å²) in [5, 5.41) is 14.9. The summed E-state index contributed by atoms with van der Waals surface area (Å²) >= 11 is 3.50. The summed E-state index contributed by atoms with van der Waals surface area (Å²) in [7, 11) is 0. The molecule has 0 spiro atoms. The largest absolute Gasteiger partial charge is 0.490 e. The van der Waals surface area contributed by atoms with Crippen LogP contribution in [-0.2, 0) is 6.61 Å². The van der Waals surface area contributed by atoms with Crippen LogP contribution in [0.1, 0.15) is 42.3 Å². The molecule has 0 fully saturated rings. The van der Waals surface area contributed by atoms with Crippen molar-refractivity contribution in [3.8, 4) is 23.0 Å². The predicted molar refractivity (Wildman–Crippen MR) is 147 cm³/mol. The van der Waals surface area contributed by atoms with E-state index in [0.717, 1.165) is 5.56 Å². The summed E-state index contributed by atoms with van der Waals surface area (Å²) in [5.41, 5.74) is 4.32. The third-order valence-electron chi connectivity index (χ3n) is 5.05. The second-order valence-corrected chi connectivity index (χ2v) is 8.56. The molecule has 0 heterocycles. The molecule has 11 heteroatoms. The molecule has 0 saturated carbocycles. The highest BCUT2D eigenvalue weighted by Gasteiger charge is 2.14. The van der Waals surface area contributed by atoms with E-state index in [1.54, 1.807) is 42.5 Å². The quantitative estimate of drug-likeness (QED) is 0.150. The number of hydrazone groups is 1. The van der Waals surface area contributed by atoms with Gasteiger partial charge >= 0.3 is 0 Å². The van der Waals surface area contributed by atoms with E-state index in [1.165, 1.54) is 18.3 Å². The summed E-state index contributed by atoms with van der Waals surface area (Å²) in [5.74, 6) is 1.60. The molecule has 0 saturated heterocycles. The van der Waals surface area contributed by atoms with Crippen LogP contribution in [0.2, 0.25) is 0 Å². The fourth-order valence-electron chi connectivity index (χ4n) is 3.36. The fraction of sp³-hybridized carbons (Fsp3) is 0.259. The van der Waals surface area contributed by atoms with Crippen molar-refractivity contribution in [2.75, 3.05) is 19.8 Å². The Labute approximate surface area is 228 Å². The topological polar surface area (TPSA) is 122 Å². The van der Waals surface area contributed by atoms with Crippen molar-refractivity contribution in [1.29, 1.82) is 0 Å². The average Bonchev–Trinajstić information content (AvgIpc) is 2.90. The molecule has 3 aromatic rings. The molecule has 38 heavy (non-hydrogen) atoms. The average molecular weight is 586 g/mol. The van der Waals surface area contributed by atoms with Gasteiger partial charge in [-0.1, -0.05) is 0 Å². The number of benzene rings is 3. The smallest absolute Gasteiger partial charge is 0.271 e. The third-order valence-corrected chi connectivity index (χ3v) is 5.64. The first-order chi connectivity index (χ1) is 18.4. The van der Waals surface area contributed by atoms with Gasteiger partial charge in [0.1, 0.15) is 6.61 Å². The van der Waals surface area contributed by atoms with E-state index >= 15 is 0 Å². The van der Waals surface area contributed by atoms with Gasteiger partial charge in [-0.25, -0.2) is 5.43 Å². The van der Waals surface area contributed by atoms with Crippen LogP contribution in [-0.4, -0.2) is 36.9 Å². The molecule has 0 unspecified atom stereocenters. The van der Waals surface area contributed by atoms with E-state index < -0.39 is 10.8 Å². The highest BCUT2D eigenvalue weighted by Crippen LogP contribution is 2.37. The van der Waals surface area contributed by atoms with Gasteiger partial charge in [-0.2, -0.15) is 5.10 Å². The number of nitrogens with zero attached hydrogens (tertiary/aromatic N) is 2. The number of rotatable bonds is 13. The maximum absolute atomic E-state index is 12.6. The number of carbonyl (C=O) groups is 1. The van der Waals surface area contributed by atoms with Crippen molar-refractivity contribution in [2.45, 2.75) is 27.4 Å². The van der Waals surface area contributed by atoms with Gasteiger partial charge in [0.05, 0.1) is 35.4 Å². The van der Waals surface area contributed by atoms with Gasteiger partial charge in [0.25, 0.3) is 11.6 Å². The number of ether oxygens (including phenoxy) is 4. The molecule has 0 radical (unpaired) electrons. The minimum atomic E-state index is -0.451. The normalized spacial score (nSPS) is 10.7. The minimum absolute atomic E-state index is 0.0120. The standard InChI is InChI=1S/C27H28BrN3O7/c1-4-35-23-12-9-20(15-24(23)36-5-2)27(32)30-29-16-19-13-22(28)26(25(14-19)37-6-3)38-17-18-7-10-21(11-8-18)31(33)34/h7-16H,4-6,17H2,1-3H3,(H,30,32)/b29-16+. The zero-order valence-corrected chi connectivity index (χ0v) is 22.8. The van der Waals surface area contributed by atoms with Crippen molar-refractivity contribution >= 4 is 33.7 Å². The monoisotopic (exact) mass is 585 g/mol. The maximum Gasteiger partial charge on any atom is 0.271 e. The van der Waals surface area contributed by atoms with Crippen LogP contribution < -0.4 is 24.4 Å². The number of non-ortho nitro benzene ring substituents is 1. The van der Waals surface area contributed by atoms with Gasteiger partial charge in [0.15, 0.2) is 23.0 Å². The summed E-state index contributed by atoms with van der Waals surface area (Å²) in [6, 6.07) is 14.6. The molecule has 0 aliphatic rings. The van der Waals surface area contributed by atoms with E-state index in [2.05, 4.69) is 26.5 Å². The van der Waals surface area contributed by atoms with Crippen LogP contribution in [0.5, 0.6) is 23.0 Å². The summed E-state index contributed by atoms with van der Waals surface area (Å²) < 4.78 is 23.4. The van der Waals surface area contributed by atoms with Crippen LogP contribution >= 0.6 is 15.9 Å². The molecule has 1 amide bonds. The predicted octanol–water partition coefficient (Wildman–Crippen LogP) is 5.90. The first kappa shape index (κ1) is 28.5. The van der Waals surface area contributed by atoms with Crippen molar-refractivity contribution < 1.29 is 28.7 Å². The number of halogens is 1. The Bertz CT molecular complexity index is 1300. The van der Waals surface area contributed by atoms with Gasteiger partial charge in [-0.05, 0) is 90.3 Å². The number of hydrogen-bond donors (Lipinski definition) is 1. The van der Waals surface area contributed by atoms with Crippen molar-refractivity contribution in [2.24, 2.45) is 5.10 Å². The van der Waals surface area contributed by atoms with E-state index in [-0.39, 0.29) is 12.3 Å². The molecule has 0 aromatic heterocycles. The van der Waals surface area contributed by atoms with E-state index in [1.807, 2.05) is 20.8 Å². The van der Waals surface area contributed by atoms with Crippen LogP contribution in [0.15, 0.2) is 64.2 Å². The van der Waals surface area contributed by atoms with Gasteiger partial charge < -0.3 is 18.9 Å². The first-order valence-corrected chi connectivity index (χ1v) is 12.7. The highest BCUT2D eigenvalue weighted by molar-refractivity contribution is 9.10. The molecule has 0 bridgehead atoms. The van der Waals surface area contributed by atoms with Crippen LogP contribution in [0.4, 0.5) is 5.69 Å². The number of carbonyl (C=O) groups excluding carboxylic acids is 1. The lowest BCUT2D eigenvalue weighted by molar-refractivity contribution is -0.384. The van der Waals surface area contributed by atoms with Gasteiger partial charge in [0.2, 0.25) is 0 Å². The highest BCUT2D eigenvalue weighted by atomic mass is 79.9. The Morgan fingerprint density at radius 3 is 2.24 bits per heavy atom. The summed E-state index contributed by atoms with van der Waals surface area (Å²) in [4.78, 5) is 23.0. The van der Waals surface area contributed by atoms with E-state index in [9.17, 15) is 14.9 Å². The van der Waals surface area contributed by atoms with Crippen LogP contribution in [0.3, 0.4) is 0 Å². The van der Waals surface area contributed by atoms with Crippen LogP contribution in [0, 0.1) is 10.1 Å². The molecule has 0 aliphatic heterocycles. The number of hydrogen-bond acceptors (Lipinski definition) is 8.